The predicted molar refractivity (Wildman–Crippen MR) is 108 cm³/mol. The summed E-state index contributed by atoms with van der Waals surface area (Å²) in [6.45, 7) is 6.30. The van der Waals surface area contributed by atoms with Gasteiger partial charge in [0.25, 0.3) is 0 Å². The van der Waals surface area contributed by atoms with Crippen molar-refractivity contribution in [1.29, 1.82) is 0 Å². The van der Waals surface area contributed by atoms with E-state index in [9.17, 15) is 0 Å². The number of halogens is 1. The molecule has 0 atom stereocenters. The van der Waals surface area contributed by atoms with Crippen LogP contribution in [0.2, 0.25) is 0 Å². The van der Waals surface area contributed by atoms with Crippen LogP contribution in [0.1, 0.15) is 10.7 Å². The fraction of sp³-hybridized carbons (Fsp3) is 0.467. The average Bonchev–Trinajstić information content (AvgIpc) is 3.02. The van der Waals surface area contributed by atoms with Crippen molar-refractivity contribution in [3.8, 4) is 0 Å². The zero-order valence-electron chi connectivity index (χ0n) is 13.8. The van der Waals surface area contributed by atoms with E-state index in [-0.39, 0.29) is 24.0 Å². The number of aromatic nitrogens is 3. The predicted octanol–water partition coefficient (Wildman–Crippen LogP) is 1.76. The molecule has 1 N–H and O–H groups in total. The van der Waals surface area contributed by atoms with Crippen LogP contribution in [0.5, 0.6) is 0 Å². The Kier molecular flexibility index (Phi) is 7.16. The maximum atomic E-state index is 4.47. The summed E-state index contributed by atoms with van der Waals surface area (Å²) in [5, 5.41) is 6.55. The van der Waals surface area contributed by atoms with Gasteiger partial charge in [0.1, 0.15) is 5.01 Å². The van der Waals surface area contributed by atoms with E-state index in [0.717, 1.165) is 48.8 Å². The number of hydrogen-bond donors (Lipinski definition) is 1. The molecule has 1 aliphatic rings. The van der Waals surface area contributed by atoms with Gasteiger partial charge < -0.3 is 15.1 Å². The quantitative estimate of drug-likeness (QED) is 0.429. The molecule has 2 aromatic heterocycles. The zero-order chi connectivity index (χ0) is 16.1. The first-order chi connectivity index (χ1) is 11.3. The van der Waals surface area contributed by atoms with Crippen molar-refractivity contribution in [2.24, 2.45) is 4.99 Å². The van der Waals surface area contributed by atoms with E-state index in [1.165, 1.54) is 0 Å². The Hall–Kier alpha value is -1.49. The highest BCUT2D eigenvalue weighted by Gasteiger charge is 2.21. The van der Waals surface area contributed by atoms with Crippen LogP contribution < -0.4 is 10.2 Å². The summed E-state index contributed by atoms with van der Waals surface area (Å²) in [5.41, 5.74) is 1.07. The molecule has 24 heavy (non-hydrogen) atoms. The van der Waals surface area contributed by atoms with Gasteiger partial charge in [-0.25, -0.2) is 15.0 Å². The third-order valence-corrected chi connectivity index (χ3v) is 4.66. The summed E-state index contributed by atoms with van der Waals surface area (Å²) in [7, 11) is 1.82. The van der Waals surface area contributed by atoms with Crippen molar-refractivity contribution in [3.05, 3.63) is 34.5 Å². The molecule has 0 aliphatic carbocycles. The summed E-state index contributed by atoms with van der Waals surface area (Å²) < 4.78 is 0. The van der Waals surface area contributed by atoms with Crippen LogP contribution in [0.15, 0.2) is 28.8 Å². The Balaban J connectivity index is 0.00000208. The molecule has 130 valence electrons. The summed E-state index contributed by atoms with van der Waals surface area (Å²) in [6, 6.07) is 1.84. The van der Waals surface area contributed by atoms with E-state index >= 15 is 0 Å². The van der Waals surface area contributed by atoms with Crippen LogP contribution in [-0.4, -0.2) is 59.0 Å². The van der Waals surface area contributed by atoms with Gasteiger partial charge in [-0.1, -0.05) is 0 Å². The van der Waals surface area contributed by atoms with Crippen molar-refractivity contribution in [3.63, 3.8) is 0 Å². The molecule has 1 aliphatic heterocycles. The van der Waals surface area contributed by atoms with Gasteiger partial charge in [-0.3, -0.25) is 4.99 Å². The van der Waals surface area contributed by atoms with Crippen molar-refractivity contribution >= 4 is 47.2 Å². The van der Waals surface area contributed by atoms with Crippen LogP contribution >= 0.6 is 35.3 Å². The van der Waals surface area contributed by atoms with E-state index in [1.807, 2.05) is 20.0 Å². The Morgan fingerprint density at radius 1 is 1.25 bits per heavy atom. The second-order valence-corrected chi connectivity index (χ2v) is 6.25. The fourth-order valence-corrected chi connectivity index (χ4v) is 3.26. The number of piperazine rings is 1. The molecule has 0 bridgehead atoms. The van der Waals surface area contributed by atoms with Gasteiger partial charge in [0.15, 0.2) is 5.96 Å². The first kappa shape index (κ1) is 18.8. The van der Waals surface area contributed by atoms with E-state index in [1.54, 1.807) is 23.7 Å². The monoisotopic (exact) mass is 459 g/mol. The number of nitrogens with zero attached hydrogens (tertiary/aromatic N) is 6. The van der Waals surface area contributed by atoms with Crippen LogP contribution in [0.3, 0.4) is 0 Å². The van der Waals surface area contributed by atoms with Crippen LogP contribution in [-0.2, 0) is 6.54 Å². The molecule has 3 rings (SSSR count). The summed E-state index contributed by atoms with van der Waals surface area (Å²) in [5.74, 6) is 1.72. The van der Waals surface area contributed by atoms with Gasteiger partial charge in [-0.05, 0) is 13.0 Å². The average molecular weight is 459 g/mol. The Bertz CT molecular complexity index is 653. The maximum Gasteiger partial charge on any atom is 0.225 e. The minimum Gasteiger partial charge on any atom is -0.350 e. The lowest BCUT2D eigenvalue weighted by Crippen LogP contribution is -2.52. The molecule has 0 saturated carbocycles. The lowest BCUT2D eigenvalue weighted by atomic mass is 10.3. The minimum absolute atomic E-state index is 0. The Morgan fingerprint density at radius 2 is 1.96 bits per heavy atom. The highest BCUT2D eigenvalue weighted by Crippen LogP contribution is 2.11. The third kappa shape index (κ3) is 4.76. The number of nitrogens with one attached hydrogen (secondary N) is 1. The standard InChI is InChI=1S/C15H21N7S.HI/c1-12-11-23-13(20-12)10-19-14(16-2)21-6-8-22(9-7-21)15-17-4-3-5-18-15;/h3-5,11H,6-10H2,1-2H3,(H,16,19);1H. The molecular formula is C15H22IN7S. The smallest absolute Gasteiger partial charge is 0.225 e. The molecule has 3 heterocycles. The second-order valence-electron chi connectivity index (χ2n) is 5.31. The van der Waals surface area contributed by atoms with Gasteiger partial charge in [0, 0.05) is 56.7 Å². The van der Waals surface area contributed by atoms with Gasteiger partial charge >= 0.3 is 0 Å². The van der Waals surface area contributed by atoms with Crippen LogP contribution in [0.25, 0.3) is 0 Å². The number of aliphatic imine (C=N–C) groups is 1. The molecule has 0 spiro atoms. The minimum atomic E-state index is 0. The number of guanidine groups is 1. The van der Waals surface area contributed by atoms with Gasteiger partial charge in [-0.2, -0.15) is 0 Å². The highest BCUT2D eigenvalue weighted by atomic mass is 127. The number of aryl methyl sites for hydroxylation is 1. The zero-order valence-corrected chi connectivity index (χ0v) is 17.0. The number of anilines is 1. The highest BCUT2D eigenvalue weighted by molar-refractivity contribution is 14.0. The summed E-state index contributed by atoms with van der Waals surface area (Å²) in [6.07, 6.45) is 3.57. The van der Waals surface area contributed by atoms with E-state index in [4.69, 9.17) is 0 Å². The molecule has 7 nitrogen and oxygen atoms in total. The SMILES string of the molecule is CN=C(NCc1nc(C)cs1)N1CCN(c2ncccn2)CC1.I. The molecule has 0 radical (unpaired) electrons. The molecule has 0 unspecified atom stereocenters. The molecule has 1 fully saturated rings. The molecule has 9 heteroatoms. The van der Waals surface area contributed by atoms with Gasteiger partial charge in [0.05, 0.1) is 6.54 Å². The fourth-order valence-electron chi connectivity index (χ4n) is 2.54. The van der Waals surface area contributed by atoms with Crippen molar-refractivity contribution in [1.82, 2.24) is 25.2 Å². The lowest BCUT2D eigenvalue weighted by molar-refractivity contribution is 0.370. The lowest BCUT2D eigenvalue weighted by Gasteiger charge is -2.36. The van der Waals surface area contributed by atoms with E-state index in [0.29, 0.717) is 6.54 Å². The Labute approximate surface area is 163 Å². The van der Waals surface area contributed by atoms with Crippen molar-refractivity contribution in [2.75, 3.05) is 38.1 Å². The summed E-state index contributed by atoms with van der Waals surface area (Å²) >= 11 is 1.67. The normalized spacial score (nSPS) is 15.2. The number of thiazole rings is 1. The van der Waals surface area contributed by atoms with E-state index in [2.05, 4.69) is 40.4 Å². The second kappa shape index (κ2) is 9.11. The van der Waals surface area contributed by atoms with Crippen molar-refractivity contribution < 1.29 is 0 Å². The summed E-state index contributed by atoms with van der Waals surface area (Å²) in [4.78, 5) is 22.0. The van der Waals surface area contributed by atoms with E-state index < -0.39 is 0 Å². The Morgan fingerprint density at radius 3 is 2.54 bits per heavy atom. The number of rotatable bonds is 3. The molecule has 0 amide bonds. The molecular weight excluding hydrogens is 437 g/mol. The molecule has 2 aromatic rings. The number of hydrogen-bond acceptors (Lipinski definition) is 6. The molecule has 1 saturated heterocycles. The van der Waals surface area contributed by atoms with Crippen LogP contribution in [0.4, 0.5) is 5.95 Å². The largest absolute Gasteiger partial charge is 0.350 e. The van der Waals surface area contributed by atoms with Crippen LogP contribution in [0, 0.1) is 6.92 Å². The first-order valence-electron chi connectivity index (χ1n) is 7.65. The maximum absolute atomic E-state index is 4.47. The first-order valence-corrected chi connectivity index (χ1v) is 8.53. The molecule has 0 aromatic carbocycles. The van der Waals surface area contributed by atoms with Crippen molar-refractivity contribution in [2.45, 2.75) is 13.5 Å². The topological polar surface area (TPSA) is 69.5 Å². The third-order valence-electron chi connectivity index (χ3n) is 3.69. The van der Waals surface area contributed by atoms with Gasteiger partial charge in [0.2, 0.25) is 5.95 Å². The van der Waals surface area contributed by atoms with Gasteiger partial charge in [-0.15, -0.1) is 35.3 Å².